The maximum absolute atomic E-state index is 8.24. The van der Waals surface area contributed by atoms with Crippen LogP contribution in [0.15, 0.2) is 18.2 Å². The van der Waals surface area contributed by atoms with E-state index in [1.165, 1.54) is 0 Å². The molecule has 0 N–H and O–H groups in total. The van der Waals surface area contributed by atoms with Gasteiger partial charge in [0.25, 0.3) is 0 Å². The Hall–Kier alpha value is -2.51. The first-order valence-electron chi connectivity index (χ1n) is 11.8. The summed E-state index contributed by atoms with van der Waals surface area (Å²) in [4.78, 5) is 0. The normalized spacial score (nSPS) is 12.1. The van der Waals surface area contributed by atoms with Crippen molar-refractivity contribution in [3.05, 3.63) is 52.4 Å². The van der Waals surface area contributed by atoms with Crippen LogP contribution in [0.25, 0.3) is 0 Å². The van der Waals surface area contributed by atoms with E-state index in [4.69, 9.17) is 25.7 Å². The predicted molar refractivity (Wildman–Crippen MR) is 136 cm³/mol. The van der Waals surface area contributed by atoms with Crippen molar-refractivity contribution < 1.29 is 21.9 Å². The molecule has 0 spiro atoms. The Kier molecular flexibility index (Phi) is 9.27. The van der Waals surface area contributed by atoms with Crippen LogP contribution in [-0.4, -0.2) is 36.2 Å². The van der Waals surface area contributed by atoms with Gasteiger partial charge in [-0.1, -0.05) is 62.3 Å². The van der Waals surface area contributed by atoms with E-state index in [-0.39, 0.29) is 33.0 Å². The summed E-state index contributed by atoms with van der Waals surface area (Å²) in [5, 5.41) is 30.3. The Bertz CT molecular complexity index is 1040. The number of aromatic nitrogens is 6. The van der Waals surface area contributed by atoms with E-state index in [9.17, 15) is 0 Å². The average molecular weight is 524 g/mol. The zero-order valence-electron chi connectivity index (χ0n) is 23.3. The van der Waals surface area contributed by atoms with Crippen molar-refractivity contribution in [2.24, 2.45) is 0 Å². The standard InChI is InChI=1S/C24H40BN6.CHNO.Co/c1-16-13-19(22(4,5)6)26-29(16)25(30-17(2)14-20(27-30)23(7,8)9)31-18(3)15-21(28-31)24(10,11)12;2-1-3;/h13-15,25H,1-12H3;3H;/q-1;;+2/p-1. The van der Waals surface area contributed by atoms with Gasteiger partial charge >= 0.3 is 23.9 Å². The second-order valence-corrected chi connectivity index (χ2v) is 12.3. The maximum atomic E-state index is 8.24. The molecule has 0 unspecified atom stereocenters. The molecule has 0 aliphatic rings. The fourth-order valence-electron chi connectivity index (χ4n) is 3.87. The van der Waals surface area contributed by atoms with Gasteiger partial charge in [-0.15, -0.1) is 0 Å². The zero-order valence-corrected chi connectivity index (χ0v) is 24.4. The van der Waals surface area contributed by atoms with Gasteiger partial charge in [-0.25, -0.2) is 20.6 Å². The third-order valence-electron chi connectivity index (χ3n) is 6.05. The first kappa shape index (κ1) is 30.5. The van der Waals surface area contributed by atoms with Gasteiger partial charge in [-0.2, -0.15) is 0 Å². The van der Waals surface area contributed by atoms with E-state index < -0.39 is 7.12 Å². The number of nitrogens with zero attached hydrogens (tertiary/aromatic N) is 7. The number of hydrogen-bond donors (Lipinski definition) is 0. The average Bonchev–Trinajstić information content (AvgIpc) is 3.34. The summed E-state index contributed by atoms with van der Waals surface area (Å²) in [6, 6.07) is 6.60. The monoisotopic (exact) mass is 524 g/mol. The maximum Gasteiger partial charge on any atom is 2.00 e. The summed E-state index contributed by atoms with van der Waals surface area (Å²) in [5.74, 6) is 0. The molecule has 0 fully saturated rings. The van der Waals surface area contributed by atoms with E-state index >= 15 is 0 Å². The number of hydrogen-bond acceptors (Lipinski definition) is 5. The molecule has 0 amide bonds. The SMILES string of the molecule is Cc1cc(C(C)(C)C)nn1[BH-](n1nc(C(C)(C)C)cc1C)n1nc(C(C)(C)C)cc1C.N#C[O-].[Co+2]. The topological polar surface area (TPSA) is 100 Å². The van der Waals surface area contributed by atoms with Gasteiger partial charge in [0.1, 0.15) is 0 Å². The van der Waals surface area contributed by atoms with Gasteiger partial charge in [0.2, 0.25) is 0 Å². The molecule has 8 nitrogen and oxygen atoms in total. The Morgan fingerprint density at radius 3 is 1.00 bits per heavy atom. The Labute approximate surface area is 221 Å². The molecule has 0 aliphatic heterocycles. The summed E-state index contributed by atoms with van der Waals surface area (Å²) >= 11 is 0. The first-order chi connectivity index (χ1) is 15.4. The molecule has 0 aliphatic carbocycles. The van der Waals surface area contributed by atoms with Crippen LogP contribution in [0.4, 0.5) is 0 Å². The third-order valence-corrected chi connectivity index (χ3v) is 6.05. The van der Waals surface area contributed by atoms with Crippen LogP contribution in [0.2, 0.25) is 0 Å². The van der Waals surface area contributed by atoms with E-state index in [0.717, 1.165) is 34.2 Å². The first-order valence-corrected chi connectivity index (χ1v) is 11.8. The van der Waals surface area contributed by atoms with Crippen molar-refractivity contribution in [3.63, 3.8) is 0 Å². The van der Waals surface area contributed by atoms with Gasteiger partial charge in [0, 0.05) is 22.5 Å². The largest absolute Gasteiger partial charge is 2.00 e. The summed E-state index contributed by atoms with van der Waals surface area (Å²) in [6.07, 6.45) is 0.500. The van der Waals surface area contributed by atoms with Crippen molar-refractivity contribution in [3.8, 4) is 6.26 Å². The van der Waals surface area contributed by atoms with Crippen molar-refractivity contribution in [2.45, 2.75) is 99.3 Å². The molecule has 0 aromatic carbocycles. The van der Waals surface area contributed by atoms with Gasteiger partial charge < -0.3 is 18.9 Å². The number of aryl methyl sites for hydroxylation is 3. The summed E-state index contributed by atoms with van der Waals surface area (Å²) in [6.45, 7) is 26.3. The number of nitriles is 1. The molecule has 3 heterocycles. The minimum atomic E-state index is -1.42. The third kappa shape index (κ3) is 6.79. The minimum Gasteiger partial charge on any atom is -0.812 e. The summed E-state index contributed by atoms with van der Waals surface area (Å²) < 4.78 is 6.46. The van der Waals surface area contributed by atoms with E-state index in [2.05, 4.69) is 115 Å². The molecular formula is C25H40BCoN7O. The van der Waals surface area contributed by atoms with Crippen LogP contribution in [0.3, 0.4) is 0 Å². The molecule has 0 saturated carbocycles. The van der Waals surface area contributed by atoms with Crippen LogP contribution in [0, 0.1) is 32.3 Å². The zero-order chi connectivity index (χ0) is 26.2. The molecule has 35 heavy (non-hydrogen) atoms. The summed E-state index contributed by atoms with van der Waals surface area (Å²) in [5.41, 5.74) is 6.58. The second kappa shape index (κ2) is 10.6. The Morgan fingerprint density at radius 2 is 0.857 bits per heavy atom. The van der Waals surface area contributed by atoms with Crippen LogP contribution >= 0.6 is 0 Å². The number of rotatable bonds is 3. The molecule has 193 valence electrons. The van der Waals surface area contributed by atoms with Crippen molar-refractivity contribution >= 4 is 7.12 Å². The van der Waals surface area contributed by atoms with E-state index in [0.29, 0.717) is 6.26 Å². The van der Waals surface area contributed by atoms with Gasteiger partial charge in [-0.05, 0) is 56.1 Å². The molecule has 0 bridgehead atoms. The second-order valence-electron chi connectivity index (χ2n) is 12.3. The molecule has 0 saturated heterocycles. The van der Waals surface area contributed by atoms with Crippen molar-refractivity contribution in [2.75, 3.05) is 0 Å². The smallest absolute Gasteiger partial charge is 0.812 e. The van der Waals surface area contributed by atoms with Crippen molar-refractivity contribution in [1.82, 2.24) is 29.1 Å². The van der Waals surface area contributed by atoms with Crippen LogP contribution in [0.1, 0.15) is 96.5 Å². The van der Waals surface area contributed by atoms with Crippen LogP contribution in [0.5, 0.6) is 0 Å². The van der Waals surface area contributed by atoms with Gasteiger partial charge in [0.15, 0.2) is 0 Å². The molecular weight excluding hydrogens is 484 g/mol. The molecule has 10 heteroatoms. The quantitative estimate of drug-likeness (QED) is 0.385. The molecule has 0 atom stereocenters. The molecule has 3 rings (SSSR count). The molecule has 1 radical (unpaired) electrons. The van der Waals surface area contributed by atoms with Crippen LogP contribution < -0.4 is 5.11 Å². The fourth-order valence-corrected chi connectivity index (χ4v) is 3.87. The summed E-state index contributed by atoms with van der Waals surface area (Å²) in [7, 11) is -1.42. The van der Waals surface area contributed by atoms with E-state index in [1.54, 1.807) is 0 Å². The molecule has 3 aromatic rings. The fraction of sp³-hybridized carbons (Fsp3) is 0.600. The van der Waals surface area contributed by atoms with Crippen molar-refractivity contribution in [1.29, 1.82) is 5.26 Å². The van der Waals surface area contributed by atoms with Crippen LogP contribution in [-0.2, 0) is 33.0 Å². The Morgan fingerprint density at radius 1 is 0.657 bits per heavy atom. The van der Waals surface area contributed by atoms with Gasteiger partial charge in [-0.3, -0.25) is 0 Å². The molecule has 3 aromatic heterocycles. The minimum absolute atomic E-state index is 0. The van der Waals surface area contributed by atoms with Gasteiger partial charge in [0.05, 0.1) is 17.1 Å². The van der Waals surface area contributed by atoms with E-state index in [1.807, 2.05) is 0 Å². The Balaban J connectivity index is 0.00000145. The predicted octanol–water partition coefficient (Wildman–Crippen LogP) is 3.58.